The Morgan fingerprint density at radius 1 is 1.12 bits per heavy atom. The molecule has 1 nitrogen and oxygen atoms in total. The Morgan fingerprint density at radius 2 is 1.81 bits per heavy atom. The highest BCUT2D eigenvalue weighted by Crippen LogP contribution is 2.41. The van der Waals surface area contributed by atoms with Gasteiger partial charge in [-0.1, -0.05) is 47.5 Å². The van der Waals surface area contributed by atoms with Crippen LogP contribution in [0.1, 0.15) is 66.7 Å². The molecule has 0 spiro atoms. The molecule has 1 rings (SSSR count). The van der Waals surface area contributed by atoms with Crippen LogP contribution in [0.3, 0.4) is 0 Å². The fraction of sp³-hybridized carbons (Fsp3) is 1.00. The van der Waals surface area contributed by atoms with Crippen LogP contribution in [0.25, 0.3) is 0 Å². The summed E-state index contributed by atoms with van der Waals surface area (Å²) in [5.41, 5.74) is 0.819. The molecule has 0 aromatic rings. The van der Waals surface area contributed by atoms with Gasteiger partial charge in [-0.25, -0.2) is 0 Å². The fourth-order valence-electron chi connectivity index (χ4n) is 2.56. The van der Waals surface area contributed by atoms with E-state index in [-0.39, 0.29) is 0 Å². The van der Waals surface area contributed by atoms with E-state index in [1.807, 2.05) is 0 Å². The van der Waals surface area contributed by atoms with E-state index in [0.29, 0.717) is 10.8 Å². The maximum atomic E-state index is 5.94. The molecule has 1 unspecified atom stereocenters. The molecule has 0 radical (unpaired) electrons. The Labute approximate surface area is 102 Å². The van der Waals surface area contributed by atoms with Gasteiger partial charge in [-0.15, -0.1) is 0 Å². The van der Waals surface area contributed by atoms with Crippen LogP contribution in [0.4, 0.5) is 0 Å². The Hall–Kier alpha value is -0.0400. The maximum absolute atomic E-state index is 5.94. The van der Waals surface area contributed by atoms with Gasteiger partial charge < -0.3 is 4.74 Å². The zero-order valence-electron chi connectivity index (χ0n) is 11.9. The van der Waals surface area contributed by atoms with Crippen LogP contribution in [-0.2, 0) is 4.74 Å². The van der Waals surface area contributed by atoms with E-state index in [0.717, 1.165) is 19.1 Å². The van der Waals surface area contributed by atoms with Crippen molar-refractivity contribution in [2.24, 2.45) is 16.7 Å². The smallest absolute Gasteiger partial charge is 0.0517 e. The summed E-state index contributed by atoms with van der Waals surface area (Å²) in [6, 6.07) is 0. The molecule has 1 fully saturated rings. The molecular formula is C15H30O. The van der Waals surface area contributed by atoms with Crippen molar-refractivity contribution < 1.29 is 4.74 Å². The van der Waals surface area contributed by atoms with E-state index in [2.05, 4.69) is 34.6 Å². The third-order valence-electron chi connectivity index (χ3n) is 4.27. The van der Waals surface area contributed by atoms with E-state index >= 15 is 0 Å². The highest BCUT2D eigenvalue weighted by Gasteiger charge is 2.34. The van der Waals surface area contributed by atoms with Gasteiger partial charge in [0.1, 0.15) is 0 Å². The second kappa shape index (κ2) is 5.53. The summed E-state index contributed by atoms with van der Waals surface area (Å²) < 4.78 is 5.94. The molecule has 0 amide bonds. The maximum Gasteiger partial charge on any atom is 0.0517 e. The molecule has 0 N–H and O–H groups in total. The van der Waals surface area contributed by atoms with Crippen LogP contribution in [0.2, 0.25) is 0 Å². The first-order valence-electron chi connectivity index (χ1n) is 6.95. The van der Waals surface area contributed by atoms with E-state index in [1.54, 1.807) is 0 Å². The quantitative estimate of drug-likeness (QED) is 0.680. The molecule has 1 saturated heterocycles. The molecule has 16 heavy (non-hydrogen) atoms. The number of hydrogen-bond acceptors (Lipinski definition) is 1. The normalized spacial score (nSPS) is 29.4. The third-order valence-corrected chi connectivity index (χ3v) is 4.27. The van der Waals surface area contributed by atoms with E-state index in [4.69, 9.17) is 4.74 Å². The van der Waals surface area contributed by atoms with Gasteiger partial charge in [-0.05, 0) is 36.0 Å². The van der Waals surface area contributed by atoms with Gasteiger partial charge in [0.15, 0.2) is 0 Å². The van der Waals surface area contributed by atoms with Gasteiger partial charge in [0, 0.05) is 6.61 Å². The standard InChI is InChI=1S/C15H30O/c1-6-7-8-13-11-16-12-14(2,3)9-10-15(13,4)5/h13H,6-12H2,1-5H3. The summed E-state index contributed by atoms with van der Waals surface area (Å²) in [6.07, 6.45) is 6.63. The topological polar surface area (TPSA) is 9.23 Å². The van der Waals surface area contributed by atoms with Crippen molar-refractivity contribution in [2.45, 2.75) is 66.7 Å². The highest BCUT2D eigenvalue weighted by atomic mass is 16.5. The lowest BCUT2D eigenvalue weighted by atomic mass is 9.70. The van der Waals surface area contributed by atoms with Crippen molar-refractivity contribution in [2.75, 3.05) is 13.2 Å². The fourth-order valence-corrected chi connectivity index (χ4v) is 2.56. The third kappa shape index (κ3) is 4.08. The van der Waals surface area contributed by atoms with Crippen molar-refractivity contribution >= 4 is 0 Å². The van der Waals surface area contributed by atoms with Crippen molar-refractivity contribution in [3.05, 3.63) is 0 Å². The molecule has 0 aromatic heterocycles. The molecule has 0 aromatic carbocycles. The van der Waals surface area contributed by atoms with Crippen molar-refractivity contribution in [3.63, 3.8) is 0 Å². The summed E-state index contributed by atoms with van der Waals surface area (Å²) in [4.78, 5) is 0. The van der Waals surface area contributed by atoms with Crippen LogP contribution >= 0.6 is 0 Å². The molecular weight excluding hydrogens is 196 g/mol. The zero-order valence-corrected chi connectivity index (χ0v) is 11.9. The minimum Gasteiger partial charge on any atom is -0.381 e. The number of rotatable bonds is 3. The minimum atomic E-state index is 0.368. The van der Waals surface area contributed by atoms with Crippen LogP contribution in [-0.4, -0.2) is 13.2 Å². The molecule has 0 bridgehead atoms. The average Bonchev–Trinajstić information content (AvgIpc) is 2.19. The summed E-state index contributed by atoms with van der Waals surface area (Å²) in [7, 11) is 0. The van der Waals surface area contributed by atoms with Gasteiger partial charge in [-0.2, -0.15) is 0 Å². The first kappa shape index (κ1) is 14.0. The second-order valence-electron chi connectivity index (χ2n) is 7.01. The van der Waals surface area contributed by atoms with Gasteiger partial charge in [0.2, 0.25) is 0 Å². The van der Waals surface area contributed by atoms with E-state index < -0.39 is 0 Å². The summed E-state index contributed by atoms with van der Waals surface area (Å²) in [6.45, 7) is 13.7. The van der Waals surface area contributed by atoms with Gasteiger partial charge in [0.05, 0.1) is 6.61 Å². The van der Waals surface area contributed by atoms with Crippen LogP contribution in [0, 0.1) is 16.7 Å². The summed E-state index contributed by atoms with van der Waals surface area (Å²) in [5.74, 6) is 0.753. The summed E-state index contributed by atoms with van der Waals surface area (Å²) >= 11 is 0. The molecule has 1 heteroatoms. The molecule has 0 aliphatic carbocycles. The van der Waals surface area contributed by atoms with Crippen LogP contribution in [0.15, 0.2) is 0 Å². The van der Waals surface area contributed by atoms with Gasteiger partial charge >= 0.3 is 0 Å². The van der Waals surface area contributed by atoms with Crippen LogP contribution < -0.4 is 0 Å². The summed E-state index contributed by atoms with van der Waals surface area (Å²) in [5, 5.41) is 0. The van der Waals surface area contributed by atoms with E-state index in [1.165, 1.54) is 32.1 Å². The van der Waals surface area contributed by atoms with Crippen molar-refractivity contribution in [1.82, 2.24) is 0 Å². The molecule has 1 heterocycles. The highest BCUT2D eigenvalue weighted by molar-refractivity contribution is 4.83. The number of ether oxygens (including phenoxy) is 1. The average molecular weight is 226 g/mol. The zero-order chi connectivity index (χ0) is 12.2. The lowest BCUT2D eigenvalue weighted by Gasteiger charge is -2.40. The monoisotopic (exact) mass is 226 g/mol. The first-order valence-corrected chi connectivity index (χ1v) is 6.95. The minimum absolute atomic E-state index is 0.368. The lowest BCUT2D eigenvalue weighted by Crippen LogP contribution is -2.35. The van der Waals surface area contributed by atoms with Crippen LogP contribution in [0.5, 0.6) is 0 Å². The SMILES string of the molecule is CCCCC1COCC(C)(C)CCC1(C)C. The number of unbranched alkanes of at least 4 members (excludes halogenated alkanes) is 1. The Bertz CT molecular complexity index is 205. The van der Waals surface area contributed by atoms with Gasteiger partial charge in [-0.3, -0.25) is 0 Å². The van der Waals surface area contributed by atoms with Crippen molar-refractivity contribution in [3.8, 4) is 0 Å². The predicted octanol–water partition coefficient (Wildman–Crippen LogP) is 4.66. The molecule has 0 saturated carbocycles. The van der Waals surface area contributed by atoms with E-state index in [9.17, 15) is 0 Å². The molecule has 1 aliphatic heterocycles. The Morgan fingerprint density at radius 3 is 2.44 bits per heavy atom. The first-order chi connectivity index (χ1) is 7.37. The largest absolute Gasteiger partial charge is 0.381 e. The molecule has 1 aliphatic rings. The molecule has 1 atom stereocenters. The lowest BCUT2D eigenvalue weighted by molar-refractivity contribution is -0.0294. The second-order valence-corrected chi connectivity index (χ2v) is 7.01. The Kier molecular flexibility index (Phi) is 4.85. The van der Waals surface area contributed by atoms with Gasteiger partial charge in [0.25, 0.3) is 0 Å². The molecule has 96 valence electrons. The number of hydrogen-bond donors (Lipinski definition) is 0. The predicted molar refractivity (Wildman–Crippen MR) is 70.6 cm³/mol. The van der Waals surface area contributed by atoms with Crippen molar-refractivity contribution in [1.29, 1.82) is 0 Å². The Balaban J connectivity index is 2.59.